The zero-order chi connectivity index (χ0) is 30.1. The lowest BCUT2D eigenvalue weighted by molar-refractivity contribution is -0.695. The Labute approximate surface area is 252 Å². The van der Waals surface area contributed by atoms with E-state index in [9.17, 15) is 23.9 Å². The van der Waals surface area contributed by atoms with Gasteiger partial charge < -0.3 is 24.4 Å². The molecule has 0 aliphatic carbocycles. The smallest absolute Gasteiger partial charge is 0.410 e. The van der Waals surface area contributed by atoms with Crippen molar-refractivity contribution in [2.75, 3.05) is 26.4 Å². The van der Waals surface area contributed by atoms with Gasteiger partial charge in [0, 0.05) is 35.1 Å². The summed E-state index contributed by atoms with van der Waals surface area (Å²) in [7, 11) is 0. The highest BCUT2D eigenvalue weighted by molar-refractivity contribution is 8.03. The van der Waals surface area contributed by atoms with Crippen LogP contribution in [0.4, 0.5) is 9.18 Å². The number of fused-ring (bicyclic) bond motifs is 2. The Morgan fingerprint density at radius 2 is 2.05 bits per heavy atom. The second-order valence-electron chi connectivity index (χ2n) is 10.8. The first-order valence-corrected chi connectivity index (χ1v) is 15.7. The average molecular weight is 620 g/mol. The van der Waals surface area contributed by atoms with E-state index in [1.54, 1.807) is 27.7 Å². The second kappa shape index (κ2) is 12.6. The van der Waals surface area contributed by atoms with E-state index in [4.69, 9.17) is 9.47 Å². The summed E-state index contributed by atoms with van der Waals surface area (Å²) < 4.78 is 27.3. The average Bonchev–Trinajstić information content (AvgIpc) is 3.67. The van der Waals surface area contributed by atoms with Gasteiger partial charge in [-0.05, 0) is 13.3 Å². The maximum atomic E-state index is 13.2. The van der Waals surface area contributed by atoms with E-state index in [-0.39, 0.29) is 48.1 Å². The Kier molecular flexibility index (Phi) is 9.09. The number of alkyl halides is 1. The minimum atomic E-state index is -0.842. The van der Waals surface area contributed by atoms with Gasteiger partial charge in [0.05, 0.1) is 22.9 Å². The van der Waals surface area contributed by atoms with Crippen LogP contribution in [-0.2, 0) is 32.0 Å². The third-order valence-corrected chi connectivity index (χ3v) is 10.5. The molecule has 0 bridgehead atoms. The number of thiazole rings is 1. The number of rotatable bonds is 12. The molecule has 5 rings (SSSR count). The highest BCUT2D eigenvalue weighted by Gasteiger charge is 2.60. The van der Waals surface area contributed by atoms with Crippen LogP contribution < -0.4 is 4.57 Å². The topological polar surface area (TPSA) is 105 Å². The molecule has 2 amide bonds. The van der Waals surface area contributed by atoms with E-state index in [1.165, 1.54) is 28.8 Å². The van der Waals surface area contributed by atoms with Crippen LogP contribution in [0.5, 0.6) is 0 Å². The molecule has 0 unspecified atom stereocenters. The van der Waals surface area contributed by atoms with Gasteiger partial charge in [-0.2, -0.15) is 4.40 Å². The highest BCUT2D eigenvalue weighted by Crippen LogP contribution is 2.52. The van der Waals surface area contributed by atoms with Crippen LogP contribution in [0.1, 0.15) is 25.1 Å². The van der Waals surface area contributed by atoms with Crippen LogP contribution in [0.25, 0.3) is 4.83 Å². The Morgan fingerprint density at radius 3 is 2.71 bits per heavy atom. The lowest BCUT2D eigenvalue weighted by Gasteiger charge is -2.46. The van der Waals surface area contributed by atoms with E-state index in [0.717, 1.165) is 14.6 Å². The fourth-order valence-corrected chi connectivity index (χ4v) is 8.80. The molecular formula is C29H36FN4O6S2+. The summed E-state index contributed by atoms with van der Waals surface area (Å²) in [5, 5.41) is 10.2. The summed E-state index contributed by atoms with van der Waals surface area (Å²) in [6, 6.07) is -0.481. The summed E-state index contributed by atoms with van der Waals surface area (Å²) in [4.78, 5) is 45.2. The van der Waals surface area contributed by atoms with Crippen molar-refractivity contribution in [3.05, 3.63) is 59.5 Å². The van der Waals surface area contributed by atoms with Crippen molar-refractivity contribution in [1.29, 1.82) is 0 Å². The van der Waals surface area contributed by atoms with E-state index in [0.29, 0.717) is 25.9 Å². The lowest BCUT2D eigenvalue weighted by atomic mass is 9.79. The molecule has 1 N–H and O–H groups in total. The number of halogens is 1. The van der Waals surface area contributed by atoms with Crippen molar-refractivity contribution >= 4 is 45.9 Å². The van der Waals surface area contributed by atoms with Gasteiger partial charge in [0.1, 0.15) is 44.5 Å². The number of β-lactam (4-membered cyclic amide) rings is 1. The number of hydrogen-bond acceptors (Lipinski definition) is 8. The van der Waals surface area contributed by atoms with Crippen molar-refractivity contribution in [2.24, 2.45) is 11.8 Å². The van der Waals surface area contributed by atoms with Crippen LogP contribution in [0, 0.1) is 11.8 Å². The molecule has 2 fully saturated rings. The van der Waals surface area contributed by atoms with Gasteiger partial charge in [-0.3, -0.25) is 4.79 Å². The number of ether oxygens (including phenoxy) is 2. The number of esters is 1. The maximum Gasteiger partial charge on any atom is 0.410 e. The predicted octanol–water partition coefficient (Wildman–Crippen LogP) is 3.10. The van der Waals surface area contributed by atoms with Crippen molar-refractivity contribution < 1.29 is 37.9 Å². The fraction of sp³-hybridized carbons (Fsp3) is 0.517. The third kappa shape index (κ3) is 5.61. The Morgan fingerprint density at radius 1 is 1.31 bits per heavy atom. The highest BCUT2D eigenvalue weighted by atomic mass is 32.2. The largest absolute Gasteiger partial charge is 0.457 e. The molecule has 3 aliphatic rings. The van der Waals surface area contributed by atoms with Gasteiger partial charge in [-0.1, -0.05) is 43.6 Å². The van der Waals surface area contributed by atoms with E-state index in [1.807, 2.05) is 30.0 Å². The quantitative estimate of drug-likeness (QED) is 0.169. The van der Waals surface area contributed by atoms with Gasteiger partial charge in [0.25, 0.3) is 0 Å². The van der Waals surface area contributed by atoms with Crippen LogP contribution in [0.2, 0.25) is 0 Å². The molecular weight excluding hydrogens is 583 g/mol. The van der Waals surface area contributed by atoms with Crippen molar-refractivity contribution in [3.63, 3.8) is 0 Å². The molecule has 3 aliphatic heterocycles. The molecule has 6 atom stereocenters. The molecule has 13 heteroatoms. The van der Waals surface area contributed by atoms with Gasteiger partial charge in [0.2, 0.25) is 17.1 Å². The van der Waals surface area contributed by atoms with Crippen LogP contribution >= 0.6 is 23.1 Å². The molecule has 10 nitrogen and oxygen atoms in total. The summed E-state index contributed by atoms with van der Waals surface area (Å²) in [6.45, 7) is 11.2. The summed E-state index contributed by atoms with van der Waals surface area (Å²) in [5.74, 6) is -1.66. The van der Waals surface area contributed by atoms with Crippen LogP contribution in [-0.4, -0.2) is 87.1 Å². The number of imidazole rings is 1. The van der Waals surface area contributed by atoms with E-state index >= 15 is 0 Å². The molecule has 42 heavy (non-hydrogen) atoms. The summed E-state index contributed by atoms with van der Waals surface area (Å²) in [6.07, 6.45) is 8.74. The minimum absolute atomic E-state index is 0.0127. The number of aliphatic hydroxyl groups excluding tert-OH is 1. The van der Waals surface area contributed by atoms with Crippen molar-refractivity contribution in [3.8, 4) is 0 Å². The minimum Gasteiger partial charge on any atom is -0.457 e. The first-order valence-electron chi connectivity index (χ1n) is 14.0. The molecule has 0 saturated carbocycles. The van der Waals surface area contributed by atoms with Crippen LogP contribution in [0.15, 0.2) is 54.6 Å². The monoisotopic (exact) mass is 619 g/mol. The molecule has 0 spiro atoms. The number of likely N-dealkylation sites (tertiary alicyclic amines) is 1. The zero-order valence-electron chi connectivity index (χ0n) is 23.7. The first kappa shape index (κ1) is 30.3. The summed E-state index contributed by atoms with van der Waals surface area (Å²) >= 11 is 3.09. The van der Waals surface area contributed by atoms with Gasteiger partial charge in [-0.25, -0.2) is 18.5 Å². The standard InChI is InChI=1S/C29H36FN4O6S2/c1-5-9-39-28(37)25-26(17(3)24-23(18(4)35)27(36)34(24)25)42-21-12-19(33(14-21)29(38)40-10-6-2)11-20-13-32-16-31(8-7-30)15-22(32)41-20/h5-6,13,15-19,21,23-24,35H,1-2,7-12,14H2,3-4H3/q+1/t17-,18-,19-,21+,23-,24-/m1/s1. The Hall–Kier alpha value is -3.16. The number of carbonyl (C=O) groups excluding carboxylic acids is 3. The second-order valence-corrected chi connectivity index (χ2v) is 13.3. The Balaban J connectivity index is 1.38. The first-order chi connectivity index (χ1) is 20.2. The molecule has 226 valence electrons. The molecule has 2 aromatic rings. The number of hydrogen-bond donors (Lipinski definition) is 1. The van der Waals surface area contributed by atoms with Crippen molar-refractivity contribution in [1.82, 2.24) is 14.2 Å². The number of carbonyl (C=O) groups is 3. The van der Waals surface area contributed by atoms with Gasteiger partial charge in [-0.15, -0.1) is 11.8 Å². The van der Waals surface area contributed by atoms with Gasteiger partial charge >= 0.3 is 12.1 Å². The van der Waals surface area contributed by atoms with Crippen molar-refractivity contribution in [2.45, 2.75) is 56.7 Å². The molecule has 2 saturated heterocycles. The van der Waals surface area contributed by atoms with E-state index < -0.39 is 30.8 Å². The number of nitrogens with zero attached hydrogens (tertiary/aromatic N) is 4. The predicted molar refractivity (Wildman–Crippen MR) is 156 cm³/mol. The third-order valence-electron chi connectivity index (χ3n) is 7.96. The SMILES string of the molecule is C=CCOC(=O)C1=C(S[C@H]2C[C@@H](Cc3cn4c[n+](CCF)cc4s3)N(C(=O)OCC=C)C2)[C@H](C)[C@@H]2[C@@H]([C@@H](C)O)C(=O)N12. The van der Waals surface area contributed by atoms with Crippen LogP contribution in [0.3, 0.4) is 0 Å². The Bertz CT molecular complexity index is 1390. The number of aromatic nitrogens is 2. The molecule has 0 radical (unpaired) electrons. The molecule has 2 aromatic heterocycles. The maximum absolute atomic E-state index is 13.2. The number of aliphatic hydroxyl groups is 1. The summed E-state index contributed by atoms with van der Waals surface area (Å²) in [5.41, 5.74) is 0.223. The number of amides is 2. The number of aryl methyl sites for hydroxylation is 1. The normalized spacial score (nSPS) is 25.9. The molecule has 0 aromatic carbocycles. The lowest BCUT2D eigenvalue weighted by Crippen LogP contribution is -2.63. The number of thioether (sulfide) groups is 1. The van der Waals surface area contributed by atoms with E-state index in [2.05, 4.69) is 13.2 Å². The zero-order valence-corrected chi connectivity index (χ0v) is 25.3. The molecule has 5 heterocycles. The fourth-order valence-electron chi connectivity index (χ4n) is 6.14. The van der Waals surface area contributed by atoms with Gasteiger partial charge in [0.15, 0.2) is 0 Å².